The van der Waals surface area contributed by atoms with E-state index in [1.807, 2.05) is 0 Å². The molecule has 4 amide bonds. The van der Waals surface area contributed by atoms with Crippen LogP contribution < -0.4 is 38.9 Å². The predicted octanol–water partition coefficient (Wildman–Crippen LogP) is -1.93. The Morgan fingerprint density at radius 3 is 1.95 bits per heavy atom. The lowest BCUT2D eigenvalue weighted by atomic mass is 10.0. The van der Waals surface area contributed by atoms with Crippen LogP contribution in [0.2, 0.25) is 0 Å². The average Bonchev–Trinajstić information content (AvgIpc) is 2.87. The first-order valence-corrected chi connectivity index (χ1v) is 12.6. The molecule has 216 valence electrons. The van der Waals surface area contributed by atoms with Gasteiger partial charge in [-0.1, -0.05) is 44.2 Å². The molecule has 4 unspecified atom stereocenters. The SMILES string of the molecule is CC(C)C(N)C(=O)NC(CCC(N)=O)C(=O)NC(Cc1ccccc1)C(=O)NC(CCCN=C(N)N)C(=O)O. The Bertz CT molecular complexity index is 1010. The number of carbonyl (C=O) groups excluding carboxylic acids is 4. The predicted molar refractivity (Wildman–Crippen MR) is 145 cm³/mol. The third kappa shape index (κ3) is 12.7. The molecule has 0 aliphatic heterocycles. The first kappa shape index (κ1) is 32.8. The van der Waals surface area contributed by atoms with Crippen molar-refractivity contribution in [1.29, 1.82) is 0 Å². The largest absolute Gasteiger partial charge is 0.480 e. The summed E-state index contributed by atoms with van der Waals surface area (Å²) in [6, 6.07) is 4.17. The van der Waals surface area contributed by atoms with Crippen molar-refractivity contribution >= 4 is 35.6 Å². The number of nitrogens with two attached hydrogens (primary N) is 4. The fourth-order valence-electron chi connectivity index (χ4n) is 3.49. The zero-order valence-corrected chi connectivity index (χ0v) is 22.3. The van der Waals surface area contributed by atoms with Gasteiger partial charge >= 0.3 is 5.97 Å². The molecule has 4 atom stereocenters. The van der Waals surface area contributed by atoms with Crippen LogP contribution in [0, 0.1) is 5.92 Å². The van der Waals surface area contributed by atoms with Gasteiger partial charge in [0.25, 0.3) is 0 Å². The standard InChI is InChI=1S/C25H40N8O6/c1-14(2)20(27)23(37)31-16(10-11-19(26)34)21(35)33-18(13-15-7-4-3-5-8-15)22(36)32-17(24(38)39)9-6-12-30-25(28)29/h3-5,7-8,14,16-18,20H,6,9-13,27H2,1-2H3,(H2,26,34)(H,31,37)(H,32,36)(H,33,35)(H,38,39)(H4,28,29,30). The van der Waals surface area contributed by atoms with E-state index in [9.17, 15) is 29.1 Å². The van der Waals surface area contributed by atoms with Crippen molar-refractivity contribution in [3.8, 4) is 0 Å². The Morgan fingerprint density at radius 2 is 1.41 bits per heavy atom. The third-order valence-electron chi connectivity index (χ3n) is 5.81. The number of carbonyl (C=O) groups is 5. The van der Waals surface area contributed by atoms with Crippen molar-refractivity contribution in [1.82, 2.24) is 16.0 Å². The first-order valence-electron chi connectivity index (χ1n) is 12.6. The Labute approximate surface area is 227 Å². The highest BCUT2D eigenvalue weighted by molar-refractivity contribution is 5.94. The zero-order valence-electron chi connectivity index (χ0n) is 22.3. The van der Waals surface area contributed by atoms with Crippen molar-refractivity contribution in [2.24, 2.45) is 33.8 Å². The van der Waals surface area contributed by atoms with Gasteiger partial charge in [0.05, 0.1) is 6.04 Å². The number of amides is 4. The minimum Gasteiger partial charge on any atom is -0.480 e. The van der Waals surface area contributed by atoms with E-state index >= 15 is 0 Å². The van der Waals surface area contributed by atoms with E-state index in [-0.39, 0.29) is 50.5 Å². The molecule has 0 bridgehead atoms. The zero-order chi connectivity index (χ0) is 29.5. The summed E-state index contributed by atoms with van der Waals surface area (Å²) in [6.07, 6.45) is 0.0127. The van der Waals surface area contributed by atoms with E-state index in [4.69, 9.17) is 22.9 Å². The summed E-state index contributed by atoms with van der Waals surface area (Å²) in [5.74, 6) is -4.42. The second kappa shape index (κ2) is 16.6. The van der Waals surface area contributed by atoms with Gasteiger partial charge in [0, 0.05) is 19.4 Å². The highest BCUT2D eigenvalue weighted by Gasteiger charge is 2.31. The molecular weight excluding hydrogens is 508 g/mol. The van der Waals surface area contributed by atoms with Crippen LogP contribution in [-0.4, -0.2) is 71.4 Å². The van der Waals surface area contributed by atoms with Crippen molar-refractivity contribution in [2.75, 3.05) is 6.54 Å². The molecule has 1 rings (SSSR count). The van der Waals surface area contributed by atoms with Crippen LogP contribution in [0.15, 0.2) is 35.3 Å². The van der Waals surface area contributed by atoms with Gasteiger partial charge in [0.15, 0.2) is 5.96 Å². The van der Waals surface area contributed by atoms with Crippen LogP contribution in [0.5, 0.6) is 0 Å². The number of carboxylic acid groups (broad SMARTS) is 1. The fraction of sp³-hybridized carbons (Fsp3) is 0.520. The molecule has 0 saturated carbocycles. The van der Waals surface area contributed by atoms with Crippen molar-refractivity contribution in [2.45, 2.75) is 70.1 Å². The molecule has 14 nitrogen and oxygen atoms in total. The summed E-state index contributed by atoms with van der Waals surface area (Å²) >= 11 is 0. The van der Waals surface area contributed by atoms with Gasteiger partial charge in [-0.15, -0.1) is 0 Å². The molecule has 0 saturated heterocycles. The van der Waals surface area contributed by atoms with Gasteiger partial charge in [-0.2, -0.15) is 0 Å². The number of nitrogens with zero attached hydrogens (tertiary/aromatic N) is 1. The number of aliphatic carboxylic acids is 1. The Hall–Kier alpha value is -4.20. The molecule has 14 heteroatoms. The minimum absolute atomic E-state index is 0.0285. The van der Waals surface area contributed by atoms with E-state index in [1.54, 1.807) is 44.2 Å². The molecule has 0 aliphatic carbocycles. The molecule has 0 aromatic heterocycles. The van der Waals surface area contributed by atoms with Gasteiger partial charge in [0.1, 0.15) is 18.1 Å². The minimum atomic E-state index is -1.27. The number of nitrogens with one attached hydrogen (secondary N) is 3. The van der Waals surface area contributed by atoms with Gasteiger partial charge in [-0.25, -0.2) is 4.79 Å². The van der Waals surface area contributed by atoms with E-state index in [2.05, 4.69) is 20.9 Å². The van der Waals surface area contributed by atoms with Crippen LogP contribution in [0.25, 0.3) is 0 Å². The quantitative estimate of drug-likeness (QED) is 0.0611. The molecule has 0 fully saturated rings. The van der Waals surface area contributed by atoms with Crippen LogP contribution in [-0.2, 0) is 30.4 Å². The Balaban J connectivity index is 3.12. The monoisotopic (exact) mass is 548 g/mol. The number of hydrogen-bond donors (Lipinski definition) is 8. The topological polar surface area (TPSA) is 258 Å². The van der Waals surface area contributed by atoms with Crippen LogP contribution in [0.4, 0.5) is 0 Å². The maximum atomic E-state index is 13.2. The van der Waals surface area contributed by atoms with E-state index in [1.165, 1.54) is 0 Å². The van der Waals surface area contributed by atoms with E-state index in [0.29, 0.717) is 5.56 Å². The molecular formula is C25H40N8O6. The summed E-state index contributed by atoms with van der Waals surface area (Å²) in [6.45, 7) is 3.64. The average molecular weight is 549 g/mol. The van der Waals surface area contributed by atoms with Gasteiger partial charge in [0.2, 0.25) is 23.6 Å². The summed E-state index contributed by atoms with van der Waals surface area (Å²) in [5, 5.41) is 17.2. The molecule has 0 heterocycles. The second-order valence-electron chi connectivity index (χ2n) is 9.44. The molecule has 0 aliphatic rings. The fourth-order valence-corrected chi connectivity index (χ4v) is 3.49. The van der Waals surface area contributed by atoms with Gasteiger partial charge in [-0.05, 0) is 30.7 Å². The van der Waals surface area contributed by atoms with Crippen LogP contribution in [0.1, 0.15) is 45.1 Å². The number of benzene rings is 1. The number of guanidine groups is 1. The molecule has 1 aromatic carbocycles. The smallest absolute Gasteiger partial charge is 0.326 e. The second-order valence-corrected chi connectivity index (χ2v) is 9.44. The number of rotatable bonds is 17. The molecule has 0 radical (unpaired) electrons. The third-order valence-corrected chi connectivity index (χ3v) is 5.81. The van der Waals surface area contributed by atoms with Gasteiger partial charge < -0.3 is 44.0 Å². The van der Waals surface area contributed by atoms with Gasteiger partial charge in [-0.3, -0.25) is 24.2 Å². The van der Waals surface area contributed by atoms with Crippen LogP contribution in [0.3, 0.4) is 0 Å². The van der Waals surface area contributed by atoms with E-state index < -0.39 is 53.8 Å². The number of primary amides is 1. The highest BCUT2D eigenvalue weighted by Crippen LogP contribution is 2.08. The molecule has 12 N–H and O–H groups in total. The Morgan fingerprint density at radius 1 is 0.846 bits per heavy atom. The number of hydrogen-bond acceptors (Lipinski definition) is 7. The summed E-state index contributed by atoms with van der Waals surface area (Å²) in [7, 11) is 0. The first-order chi connectivity index (χ1) is 18.3. The summed E-state index contributed by atoms with van der Waals surface area (Å²) < 4.78 is 0. The van der Waals surface area contributed by atoms with E-state index in [0.717, 1.165) is 0 Å². The van der Waals surface area contributed by atoms with Crippen molar-refractivity contribution in [3.63, 3.8) is 0 Å². The Kier molecular flexibility index (Phi) is 14.0. The maximum absolute atomic E-state index is 13.2. The van der Waals surface area contributed by atoms with Crippen LogP contribution >= 0.6 is 0 Å². The van der Waals surface area contributed by atoms with Crippen molar-refractivity contribution < 1.29 is 29.1 Å². The molecule has 39 heavy (non-hydrogen) atoms. The highest BCUT2D eigenvalue weighted by atomic mass is 16.4. The lowest BCUT2D eigenvalue weighted by molar-refractivity contribution is -0.142. The molecule has 0 spiro atoms. The lowest BCUT2D eigenvalue weighted by Crippen LogP contribution is -2.58. The normalized spacial score (nSPS) is 13.8. The van der Waals surface area contributed by atoms with Crippen molar-refractivity contribution in [3.05, 3.63) is 35.9 Å². The summed E-state index contributed by atoms with van der Waals surface area (Å²) in [5.41, 5.74) is 22.4. The number of carboxylic acids is 1. The maximum Gasteiger partial charge on any atom is 0.326 e. The number of aliphatic imine (C=N–C) groups is 1. The lowest BCUT2D eigenvalue weighted by Gasteiger charge is -2.26. The molecule has 1 aromatic rings. The summed E-state index contributed by atoms with van der Waals surface area (Å²) in [4.78, 5) is 65.9.